The molecule has 0 saturated carbocycles. The summed E-state index contributed by atoms with van der Waals surface area (Å²) in [5.74, 6) is 0. The smallest absolute Gasteiger partial charge is 0.0929 e. The highest BCUT2D eigenvalue weighted by Crippen LogP contribution is 2.38. The van der Waals surface area contributed by atoms with Crippen LogP contribution in [0.2, 0.25) is 0 Å². The van der Waals surface area contributed by atoms with E-state index in [1.807, 2.05) is 11.3 Å². The van der Waals surface area contributed by atoms with Crippen molar-refractivity contribution in [2.45, 2.75) is 14.0 Å². The summed E-state index contributed by atoms with van der Waals surface area (Å²) in [5.41, 5.74) is 7.54. The van der Waals surface area contributed by atoms with Crippen molar-refractivity contribution in [1.82, 2.24) is 0 Å². The number of rotatable bonds is 6. The average molecular weight is 498 g/mol. The van der Waals surface area contributed by atoms with Gasteiger partial charge < -0.3 is 0 Å². The first-order valence-electron chi connectivity index (χ1n) is 12.0. The van der Waals surface area contributed by atoms with Gasteiger partial charge in [0.05, 0.1) is 0 Å². The molecule has 0 aliphatic heterocycles. The summed E-state index contributed by atoms with van der Waals surface area (Å²) in [7, 11) is -0.148. The van der Waals surface area contributed by atoms with Gasteiger partial charge in [-0.15, -0.1) is 0 Å². The lowest BCUT2D eigenvalue weighted by atomic mass is 10.0. The fourth-order valence-electron chi connectivity index (χ4n) is 4.40. The number of hydrogen-bond donors (Lipinski definition) is 0. The van der Waals surface area contributed by atoms with Gasteiger partial charge in [0.15, 0.2) is 9.79 Å². The zero-order valence-corrected chi connectivity index (χ0v) is 21.4. The summed E-state index contributed by atoms with van der Waals surface area (Å²) < 4.78 is 1.38. The van der Waals surface area contributed by atoms with Gasteiger partial charge in [0, 0.05) is 11.4 Å². The summed E-state index contributed by atoms with van der Waals surface area (Å²) >= 11 is 1.86. The monoisotopic (exact) mass is 497 g/mol. The average Bonchev–Trinajstić information content (AvgIpc) is 3.45. The molecule has 1 aromatic heterocycles. The first-order chi connectivity index (χ1) is 17.8. The Hall–Kier alpha value is -3.85. The Morgan fingerprint density at radius 1 is 0.361 bits per heavy atom. The minimum absolute atomic E-state index is 0.148. The molecule has 5 aromatic carbocycles. The van der Waals surface area contributed by atoms with Crippen LogP contribution in [-0.4, -0.2) is 0 Å². The Balaban J connectivity index is 1.33. The fourth-order valence-corrected chi connectivity index (χ4v) is 7.97. The zero-order valence-electron chi connectivity index (χ0n) is 19.8. The molecule has 0 fully saturated rings. The molecule has 0 bridgehead atoms. The Morgan fingerprint density at radius 2 is 0.750 bits per heavy atom. The minimum atomic E-state index is -0.148. The molecule has 1 heterocycles. The molecule has 6 aromatic rings. The molecule has 0 aliphatic carbocycles. The van der Waals surface area contributed by atoms with E-state index in [2.05, 4.69) is 151 Å². The van der Waals surface area contributed by atoms with Crippen molar-refractivity contribution < 1.29 is 0 Å². The molecule has 172 valence electrons. The maximum absolute atomic E-state index is 2.38. The van der Waals surface area contributed by atoms with E-state index in [0.717, 1.165) is 0 Å². The summed E-state index contributed by atoms with van der Waals surface area (Å²) in [6.45, 7) is 0. The van der Waals surface area contributed by atoms with Crippen molar-refractivity contribution in [1.29, 1.82) is 0 Å². The Morgan fingerprint density at radius 3 is 1.28 bits per heavy atom. The van der Waals surface area contributed by atoms with Crippen LogP contribution < -0.4 is 0 Å². The summed E-state index contributed by atoms with van der Waals surface area (Å²) in [4.78, 5) is 2.69. The van der Waals surface area contributed by atoms with E-state index in [-0.39, 0.29) is 10.9 Å². The van der Waals surface area contributed by atoms with Gasteiger partial charge in [-0.2, -0.15) is 0 Å². The van der Waals surface area contributed by atoms with Crippen molar-refractivity contribution in [2.24, 2.45) is 0 Å². The SMILES string of the molecule is c1ccc(-c2ccc(-c3csc([S+](c4ccccc4)c4ccc(-c5ccccc5)cc4)c3)cc2)cc1. The van der Waals surface area contributed by atoms with Crippen LogP contribution in [-0.2, 0) is 10.9 Å². The van der Waals surface area contributed by atoms with Gasteiger partial charge in [-0.1, -0.05) is 114 Å². The molecule has 0 saturated heterocycles. The molecule has 1 unspecified atom stereocenters. The Labute approximate surface area is 219 Å². The predicted octanol–water partition coefficient (Wildman–Crippen LogP) is 9.84. The molecule has 0 radical (unpaired) electrons. The summed E-state index contributed by atoms with van der Waals surface area (Å²) in [6.07, 6.45) is 0. The van der Waals surface area contributed by atoms with Crippen molar-refractivity contribution in [2.75, 3.05) is 0 Å². The van der Waals surface area contributed by atoms with Gasteiger partial charge >= 0.3 is 0 Å². The maximum atomic E-state index is 2.38. The first-order valence-corrected chi connectivity index (χ1v) is 14.1. The van der Waals surface area contributed by atoms with Gasteiger partial charge in [-0.3, -0.25) is 0 Å². The van der Waals surface area contributed by atoms with Crippen LogP contribution in [0.25, 0.3) is 33.4 Å². The Bertz CT molecular complexity index is 1530. The molecule has 0 N–H and O–H groups in total. The van der Waals surface area contributed by atoms with E-state index in [1.54, 1.807) is 0 Å². The van der Waals surface area contributed by atoms with Crippen LogP contribution in [0.15, 0.2) is 165 Å². The van der Waals surface area contributed by atoms with E-state index in [4.69, 9.17) is 0 Å². The largest absolute Gasteiger partial charge is 0.220 e. The molecule has 1 atom stereocenters. The third-order valence-electron chi connectivity index (χ3n) is 6.28. The van der Waals surface area contributed by atoms with Gasteiger partial charge in [0.1, 0.15) is 10.9 Å². The highest BCUT2D eigenvalue weighted by molar-refractivity contribution is 7.98. The third-order valence-corrected chi connectivity index (χ3v) is 9.80. The minimum Gasteiger partial charge on any atom is -0.0929 e. The fraction of sp³-hybridized carbons (Fsp3) is 0. The molecular formula is C34H25S2+. The molecule has 2 heteroatoms. The van der Waals surface area contributed by atoms with Crippen molar-refractivity contribution in [3.05, 3.63) is 151 Å². The molecular weight excluding hydrogens is 473 g/mol. The van der Waals surface area contributed by atoms with Crippen molar-refractivity contribution >= 4 is 22.2 Å². The first kappa shape index (κ1) is 22.6. The zero-order chi connectivity index (χ0) is 24.2. The lowest BCUT2D eigenvalue weighted by Crippen LogP contribution is -2.02. The topological polar surface area (TPSA) is 0 Å². The van der Waals surface area contributed by atoms with E-state index in [0.29, 0.717) is 0 Å². The standard InChI is InChI=1S/C34H25S2/c1-4-10-26(11-5-1)28-16-18-30(19-17-28)31-24-34(35-25-31)36(32-14-8-3-9-15-32)33-22-20-29(21-23-33)27-12-6-2-7-13-27/h1-25H/q+1. The molecule has 0 aliphatic rings. The number of hydrogen-bond acceptors (Lipinski definition) is 1. The van der Waals surface area contributed by atoms with Crippen LogP contribution in [0.4, 0.5) is 0 Å². The van der Waals surface area contributed by atoms with Crippen molar-refractivity contribution in [3.63, 3.8) is 0 Å². The van der Waals surface area contributed by atoms with E-state index in [9.17, 15) is 0 Å². The third kappa shape index (κ3) is 4.79. The second-order valence-corrected chi connectivity index (χ2v) is 11.8. The van der Waals surface area contributed by atoms with Gasteiger partial charge in [-0.05, 0) is 69.8 Å². The molecule has 0 amide bonds. The lowest BCUT2D eigenvalue weighted by molar-refractivity contribution is 1.36. The lowest BCUT2D eigenvalue weighted by Gasteiger charge is -2.07. The Kier molecular flexibility index (Phi) is 6.54. The van der Waals surface area contributed by atoms with E-state index >= 15 is 0 Å². The van der Waals surface area contributed by atoms with E-state index < -0.39 is 0 Å². The normalized spacial score (nSPS) is 11.8. The quantitative estimate of drug-likeness (QED) is 0.201. The van der Waals surface area contributed by atoms with Crippen LogP contribution in [0.3, 0.4) is 0 Å². The molecule has 0 nitrogen and oxygen atoms in total. The van der Waals surface area contributed by atoms with E-state index in [1.165, 1.54) is 47.4 Å². The van der Waals surface area contributed by atoms with Crippen LogP contribution in [0.1, 0.15) is 0 Å². The van der Waals surface area contributed by atoms with Crippen molar-refractivity contribution in [3.8, 4) is 33.4 Å². The number of thiophene rings is 1. The van der Waals surface area contributed by atoms with Gasteiger partial charge in [0.2, 0.25) is 4.21 Å². The predicted molar refractivity (Wildman–Crippen MR) is 156 cm³/mol. The molecule has 36 heavy (non-hydrogen) atoms. The highest BCUT2D eigenvalue weighted by Gasteiger charge is 2.30. The number of benzene rings is 5. The van der Waals surface area contributed by atoms with Crippen LogP contribution >= 0.6 is 11.3 Å². The molecule has 0 spiro atoms. The van der Waals surface area contributed by atoms with Gasteiger partial charge in [0.25, 0.3) is 0 Å². The maximum Gasteiger partial charge on any atom is 0.220 e. The highest BCUT2D eigenvalue weighted by atomic mass is 32.2. The second-order valence-electron chi connectivity index (χ2n) is 8.61. The van der Waals surface area contributed by atoms with Gasteiger partial charge in [-0.25, -0.2) is 0 Å². The summed E-state index contributed by atoms with van der Waals surface area (Å²) in [5, 5.41) is 2.30. The summed E-state index contributed by atoms with van der Waals surface area (Å²) in [6, 6.07) is 52.4. The second kappa shape index (κ2) is 10.4. The molecule has 6 rings (SSSR count). The van der Waals surface area contributed by atoms with Crippen LogP contribution in [0.5, 0.6) is 0 Å². The van der Waals surface area contributed by atoms with Crippen LogP contribution in [0, 0.1) is 0 Å².